The van der Waals surface area contributed by atoms with Crippen LogP contribution in [0.2, 0.25) is 0 Å². The zero-order chi connectivity index (χ0) is 24.8. The molecule has 1 fully saturated rings. The molecule has 7 rings (SSSR count). The Hall–Kier alpha value is -4.73. The summed E-state index contributed by atoms with van der Waals surface area (Å²) >= 11 is 0. The summed E-state index contributed by atoms with van der Waals surface area (Å²) in [5.74, 6) is 2.21. The van der Waals surface area contributed by atoms with Crippen molar-refractivity contribution >= 4 is 39.6 Å². The van der Waals surface area contributed by atoms with Crippen LogP contribution >= 0.6 is 0 Å². The monoisotopic (exact) mass is 493 g/mol. The van der Waals surface area contributed by atoms with Gasteiger partial charge in [-0.05, 0) is 48.2 Å². The Balaban J connectivity index is 1.37. The van der Waals surface area contributed by atoms with Crippen molar-refractivity contribution in [3.63, 3.8) is 0 Å². The van der Waals surface area contributed by atoms with Crippen molar-refractivity contribution in [2.75, 3.05) is 23.8 Å². The van der Waals surface area contributed by atoms with Crippen LogP contribution < -0.4 is 20.1 Å². The minimum Gasteiger partial charge on any atom is -0.488 e. The minimum absolute atomic E-state index is 0.0447. The third-order valence-corrected chi connectivity index (χ3v) is 6.53. The first-order valence-corrected chi connectivity index (χ1v) is 12.2. The van der Waals surface area contributed by atoms with Crippen LogP contribution in [0.4, 0.5) is 11.8 Å². The van der Waals surface area contributed by atoms with Crippen LogP contribution in [-0.4, -0.2) is 44.0 Å². The van der Waals surface area contributed by atoms with Gasteiger partial charge in [-0.2, -0.15) is 9.97 Å². The molecule has 5 bridgehead atoms. The quantitative estimate of drug-likeness (QED) is 0.332. The van der Waals surface area contributed by atoms with Crippen LogP contribution in [0.15, 0.2) is 55.1 Å². The number of aromatic nitrogens is 5. The van der Waals surface area contributed by atoms with Crippen molar-refractivity contribution in [2.24, 2.45) is 5.92 Å². The molecule has 0 saturated heterocycles. The highest BCUT2D eigenvalue weighted by molar-refractivity contribution is 6.03. The van der Waals surface area contributed by atoms with Crippen molar-refractivity contribution in [3.05, 3.63) is 60.7 Å². The number of hydrogen-bond acceptors (Lipinski definition) is 8. The fourth-order valence-corrected chi connectivity index (χ4v) is 4.50. The number of nitrogens with zero attached hydrogens (tertiary/aromatic N) is 4. The highest BCUT2D eigenvalue weighted by atomic mass is 16.5. The van der Waals surface area contributed by atoms with Gasteiger partial charge in [0.2, 0.25) is 11.9 Å². The van der Waals surface area contributed by atoms with Gasteiger partial charge in [-0.3, -0.25) is 20.1 Å². The fourth-order valence-electron chi connectivity index (χ4n) is 4.50. The van der Waals surface area contributed by atoms with Gasteiger partial charge in [0.25, 0.3) is 0 Å². The number of pyridine rings is 2. The highest BCUT2D eigenvalue weighted by Crippen LogP contribution is 2.36. The maximum absolute atomic E-state index is 12.4. The number of aromatic amines is 1. The number of H-pyrrole nitrogens is 1. The van der Waals surface area contributed by atoms with E-state index in [4.69, 9.17) is 14.5 Å². The van der Waals surface area contributed by atoms with Gasteiger partial charge in [-0.15, -0.1) is 0 Å². The van der Waals surface area contributed by atoms with Gasteiger partial charge in [0.05, 0.1) is 23.3 Å². The smallest absolute Gasteiger partial charge is 0.233 e. The molecule has 0 radical (unpaired) electrons. The number of ether oxygens (including phenoxy) is 2. The lowest BCUT2D eigenvalue weighted by Gasteiger charge is -2.12. The Kier molecular flexibility index (Phi) is 5.09. The normalized spacial score (nSPS) is 15.1. The Bertz CT molecular complexity index is 1660. The molecule has 5 aromatic rings. The topological polar surface area (TPSA) is 127 Å². The summed E-state index contributed by atoms with van der Waals surface area (Å²) in [5.41, 5.74) is 4.34. The Morgan fingerprint density at radius 2 is 1.86 bits per heavy atom. The first-order valence-electron chi connectivity index (χ1n) is 12.2. The first kappa shape index (κ1) is 21.5. The lowest BCUT2D eigenvalue weighted by Crippen LogP contribution is -2.16. The van der Waals surface area contributed by atoms with Crippen LogP contribution in [0, 0.1) is 5.92 Å². The average Bonchev–Trinajstić information content (AvgIpc) is 3.69. The van der Waals surface area contributed by atoms with E-state index in [1.54, 1.807) is 18.6 Å². The molecule has 0 atom stereocenters. The van der Waals surface area contributed by atoms with Crippen molar-refractivity contribution in [1.82, 2.24) is 24.9 Å². The SMILES string of the molecule is O=C(Nc1nc2c3c(c[nH]c3n1)-c1ccc3ncc(cc3c1)OCCOc1cncc(c1)CN2)C1CC1. The van der Waals surface area contributed by atoms with Gasteiger partial charge in [0.1, 0.15) is 36.2 Å². The lowest BCUT2D eigenvalue weighted by molar-refractivity contribution is -0.117. The van der Waals surface area contributed by atoms with Crippen LogP contribution in [0.25, 0.3) is 33.1 Å². The summed E-state index contributed by atoms with van der Waals surface area (Å²) in [7, 11) is 0. The number of benzene rings is 1. The molecule has 10 heteroatoms. The standard InChI is InChI=1S/C27H23N7O3/c35-26(16-1-2-16)34-27-32-24-23-21(14-31-25(23)33-27)17-3-4-22-18(8-17)9-20(13-29-22)37-6-5-36-19-7-15(11-30-24)10-28-12-19/h3-4,7-10,12-14,16H,1-2,5-6,11H2,(H3,30,31,32,33,34,35). The third-order valence-electron chi connectivity index (χ3n) is 6.53. The van der Waals surface area contributed by atoms with E-state index < -0.39 is 0 Å². The number of rotatable bonds is 2. The zero-order valence-electron chi connectivity index (χ0n) is 19.8. The van der Waals surface area contributed by atoms with Gasteiger partial charge < -0.3 is 19.8 Å². The second-order valence-corrected chi connectivity index (χ2v) is 9.24. The molecular weight excluding hydrogens is 470 g/mol. The second kappa shape index (κ2) is 8.74. The second-order valence-electron chi connectivity index (χ2n) is 9.24. The van der Waals surface area contributed by atoms with E-state index in [-0.39, 0.29) is 17.8 Å². The molecule has 184 valence electrons. The zero-order valence-corrected chi connectivity index (χ0v) is 19.8. The fraction of sp³-hybridized carbons (Fsp3) is 0.222. The van der Waals surface area contributed by atoms with E-state index in [0.717, 1.165) is 45.8 Å². The van der Waals surface area contributed by atoms with Gasteiger partial charge in [0, 0.05) is 35.8 Å². The van der Waals surface area contributed by atoms with Gasteiger partial charge in [-0.25, -0.2) is 0 Å². The molecule has 37 heavy (non-hydrogen) atoms. The molecule has 0 spiro atoms. The number of nitrogens with one attached hydrogen (secondary N) is 3. The van der Waals surface area contributed by atoms with E-state index in [2.05, 4.69) is 36.6 Å². The molecule has 1 aliphatic heterocycles. The van der Waals surface area contributed by atoms with Gasteiger partial charge in [0.15, 0.2) is 0 Å². The van der Waals surface area contributed by atoms with Crippen LogP contribution in [-0.2, 0) is 11.3 Å². The van der Waals surface area contributed by atoms with Crippen molar-refractivity contribution in [2.45, 2.75) is 19.4 Å². The summed E-state index contributed by atoms with van der Waals surface area (Å²) in [5, 5.41) is 8.09. The highest BCUT2D eigenvalue weighted by Gasteiger charge is 2.30. The molecule has 4 aromatic heterocycles. The average molecular weight is 494 g/mol. The summed E-state index contributed by atoms with van der Waals surface area (Å²) in [6, 6.07) is 10.00. The first-order chi connectivity index (χ1) is 18.2. The third kappa shape index (κ3) is 4.26. The molecule has 0 unspecified atom stereocenters. The van der Waals surface area contributed by atoms with Crippen LogP contribution in [0.5, 0.6) is 11.5 Å². The predicted octanol–water partition coefficient (Wildman–Crippen LogP) is 4.30. The van der Waals surface area contributed by atoms with E-state index in [1.165, 1.54) is 0 Å². The van der Waals surface area contributed by atoms with Crippen LogP contribution in [0.1, 0.15) is 18.4 Å². The maximum Gasteiger partial charge on any atom is 0.233 e. The van der Waals surface area contributed by atoms with Gasteiger partial charge in [-0.1, -0.05) is 6.07 Å². The molecule has 10 nitrogen and oxygen atoms in total. The number of amides is 1. The van der Waals surface area contributed by atoms with Crippen LogP contribution in [0.3, 0.4) is 0 Å². The molecule has 5 heterocycles. The number of fused-ring (bicyclic) bond motifs is 5. The van der Waals surface area contributed by atoms with E-state index >= 15 is 0 Å². The molecule has 1 saturated carbocycles. The Morgan fingerprint density at radius 1 is 1.00 bits per heavy atom. The Labute approximate surface area is 211 Å². The lowest BCUT2D eigenvalue weighted by atomic mass is 10.0. The summed E-state index contributed by atoms with van der Waals surface area (Å²) in [6.07, 6.45) is 8.89. The molecule has 1 amide bonds. The van der Waals surface area contributed by atoms with Crippen molar-refractivity contribution in [3.8, 4) is 22.6 Å². The number of anilines is 2. The molecule has 1 aliphatic carbocycles. The minimum atomic E-state index is -0.0447. The molecular formula is C27H23N7O3. The summed E-state index contributed by atoms with van der Waals surface area (Å²) in [4.78, 5) is 33.9. The Morgan fingerprint density at radius 3 is 2.73 bits per heavy atom. The number of carbonyl (C=O) groups excluding carboxylic acids is 1. The number of carbonyl (C=O) groups is 1. The van der Waals surface area contributed by atoms with Crippen molar-refractivity contribution in [1.29, 1.82) is 0 Å². The van der Waals surface area contributed by atoms with E-state index in [9.17, 15) is 4.79 Å². The summed E-state index contributed by atoms with van der Waals surface area (Å²) in [6.45, 7) is 1.21. The largest absolute Gasteiger partial charge is 0.488 e. The van der Waals surface area contributed by atoms with E-state index in [1.807, 2.05) is 30.5 Å². The predicted molar refractivity (Wildman–Crippen MR) is 139 cm³/mol. The van der Waals surface area contributed by atoms with Crippen molar-refractivity contribution < 1.29 is 14.3 Å². The molecule has 1 aromatic carbocycles. The van der Waals surface area contributed by atoms with E-state index in [0.29, 0.717) is 42.7 Å². The number of hydrogen-bond donors (Lipinski definition) is 3. The maximum atomic E-state index is 12.4. The summed E-state index contributed by atoms with van der Waals surface area (Å²) < 4.78 is 11.7. The molecule has 3 N–H and O–H groups in total. The van der Waals surface area contributed by atoms with Gasteiger partial charge >= 0.3 is 0 Å². The molecule has 2 aliphatic rings.